The van der Waals surface area contributed by atoms with Crippen molar-refractivity contribution in [2.45, 2.75) is 12.3 Å². The number of carbonyl (C=O) groups excluding carboxylic acids is 2. The fourth-order valence-electron chi connectivity index (χ4n) is 2.63. The molecule has 2 N–H and O–H groups in total. The third kappa shape index (κ3) is 6.44. The van der Waals surface area contributed by atoms with Crippen LogP contribution in [0.25, 0.3) is 0 Å². The van der Waals surface area contributed by atoms with Crippen LogP contribution >= 0.6 is 27.7 Å². The summed E-state index contributed by atoms with van der Waals surface area (Å²) in [7, 11) is 0. The minimum absolute atomic E-state index is 0.144. The fraction of sp³-hybridized carbons (Fsp3) is 0.136. The Morgan fingerprint density at radius 2 is 1.79 bits per heavy atom. The molecule has 0 atom stereocenters. The van der Waals surface area contributed by atoms with Crippen LogP contribution < -0.4 is 10.6 Å². The summed E-state index contributed by atoms with van der Waals surface area (Å²) >= 11 is 5.03. The maximum atomic E-state index is 12.6. The number of pyridine rings is 1. The van der Waals surface area contributed by atoms with Crippen LogP contribution in [0.15, 0.2) is 77.5 Å². The number of para-hydroxylation sites is 1. The van der Waals surface area contributed by atoms with Gasteiger partial charge in [-0.05, 0) is 35.4 Å². The molecular formula is C22H20BrN3O2S. The first-order chi connectivity index (χ1) is 14.1. The zero-order valence-electron chi connectivity index (χ0n) is 15.6. The molecule has 0 aliphatic heterocycles. The fourth-order valence-corrected chi connectivity index (χ4v) is 4.07. The van der Waals surface area contributed by atoms with Gasteiger partial charge in [0.05, 0.1) is 17.0 Å². The quantitative estimate of drug-likeness (QED) is 0.503. The molecule has 0 radical (unpaired) electrons. The highest BCUT2D eigenvalue weighted by Crippen LogP contribution is 2.22. The van der Waals surface area contributed by atoms with Crippen LogP contribution in [0.3, 0.4) is 0 Å². The number of hydrogen-bond acceptors (Lipinski definition) is 4. The maximum Gasteiger partial charge on any atom is 0.253 e. The standard InChI is InChI=1S/C22H20BrN3O2S/c23-19-9-3-1-7-17(19)14-29-15-21(27)26-20-10-4-2-8-18(20)22(28)25-13-16-6-5-11-24-12-16/h1-12H,13-15H2,(H,25,28)(H,26,27). The summed E-state index contributed by atoms with van der Waals surface area (Å²) in [6.45, 7) is 0.372. The third-order valence-electron chi connectivity index (χ3n) is 4.07. The topological polar surface area (TPSA) is 71.1 Å². The molecule has 0 fully saturated rings. The largest absolute Gasteiger partial charge is 0.348 e. The lowest BCUT2D eigenvalue weighted by molar-refractivity contribution is -0.113. The maximum absolute atomic E-state index is 12.6. The lowest BCUT2D eigenvalue weighted by Crippen LogP contribution is -2.25. The van der Waals surface area contributed by atoms with Crippen LogP contribution in [0.2, 0.25) is 0 Å². The van der Waals surface area contributed by atoms with Gasteiger partial charge < -0.3 is 10.6 Å². The van der Waals surface area contributed by atoms with Crippen LogP contribution in [0.1, 0.15) is 21.5 Å². The van der Waals surface area contributed by atoms with Crippen molar-refractivity contribution < 1.29 is 9.59 Å². The number of benzene rings is 2. The molecule has 0 unspecified atom stereocenters. The van der Waals surface area contributed by atoms with Gasteiger partial charge in [0.1, 0.15) is 0 Å². The number of carbonyl (C=O) groups is 2. The Morgan fingerprint density at radius 1 is 1.00 bits per heavy atom. The summed E-state index contributed by atoms with van der Waals surface area (Å²) in [6, 6.07) is 18.6. The van der Waals surface area contributed by atoms with Crippen molar-refractivity contribution in [3.63, 3.8) is 0 Å². The monoisotopic (exact) mass is 469 g/mol. The van der Waals surface area contributed by atoms with E-state index in [2.05, 4.69) is 31.5 Å². The van der Waals surface area contributed by atoms with Crippen molar-refractivity contribution in [1.82, 2.24) is 10.3 Å². The second kappa shape index (κ2) is 10.8. The zero-order valence-corrected chi connectivity index (χ0v) is 18.0. The van der Waals surface area contributed by atoms with Crippen LogP contribution in [-0.2, 0) is 17.1 Å². The van der Waals surface area contributed by atoms with Crippen LogP contribution in [0.4, 0.5) is 5.69 Å². The molecule has 0 aliphatic rings. The highest BCUT2D eigenvalue weighted by Gasteiger charge is 2.13. The summed E-state index contributed by atoms with van der Waals surface area (Å²) in [5, 5.41) is 5.70. The Bertz CT molecular complexity index is 983. The van der Waals surface area contributed by atoms with Crippen molar-refractivity contribution >= 4 is 45.2 Å². The van der Waals surface area contributed by atoms with Gasteiger partial charge in [0.2, 0.25) is 5.91 Å². The summed E-state index contributed by atoms with van der Waals surface area (Å²) in [5.41, 5.74) is 2.98. The van der Waals surface area contributed by atoms with Gasteiger partial charge in [0.25, 0.3) is 5.91 Å². The molecule has 7 heteroatoms. The SMILES string of the molecule is O=C(CSCc1ccccc1Br)Nc1ccccc1C(=O)NCc1cccnc1. The predicted octanol–water partition coefficient (Wildman–Crippen LogP) is 4.65. The van der Waals surface area contributed by atoms with E-state index in [4.69, 9.17) is 0 Å². The van der Waals surface area contributed by atoms with E-state index in [1.54, 1.807) is 36.7 Å². The molecule has 1 heterocycles. The lowest BCUT2D eigenvalue weighted by Gasteiger charge is -2.11. The highest BCUT2D eigenvalue weighted by atomic mass is 79.9. The molecule has 0 saturated heterocycles. The van der Waals surface area contributed by atoms with Crippen LogP contribution in [0, 0.1) is 0 Å². The zero-order chi connectivity index (χ0) is 20.5. The summed E-state index contributed by atoms with van der Waals surface area (Å²) in [6.07, 6.45) is 3.39. The Labute approximate surface area is 182 Å². The smallest absolute Gasteiger partial charge is 0.253 e. The van der Waals surface area contributed by atoms with Gasteiger partial charge >= 0.3 is 0 Å². The minimum Gasteiger partial charge on any atom is -0.348 e. The highest BCUT2D eigenvalue weighted by molar-refractivity contribution is 9.10. The first kappa shape index (κ1) is 21.1. The first-order valence-electron chi connectivity index (χ1n) is 9.00. The predicted molar refractivity (Wildman–Crippen MR) is 121 cm³/mol. The number of hydrogen-bond donors (Lipinski definition) is 2. The van der Waals surface area contributed by atoms with Crippen molar-refractivity contribution in [2.75, 3.05) is 11.1 Å². The van der Waals surface area contributed by atoms with Crippen molar-refractivity contribution in [3.05, 3.63) is 94.2 Å². The van der Waals surface area contributed by atoms with Gasteiger partial charge in [0, 0.05) is 29.2 Å². The molecule has 29 heavy (non-hydrogen) atoms. The molecule has 0 bridgehead atoms. The van der Waals surface area contributed by atoms with E-state index < -0.39 is 0 Å². The van der Waals surface area contributed by atoms with Gasteiger partial charge in [-0.3, -0.25) is 14.6 Å². The van der Waals surface area contributed by atoms with Crippen molar-refractivity contribution in [2.24, 2.45) is 0 Å². The van der Waals surface area contributed by atoms with Gasteiger partial charge in [-0.25, -0.2) is 0 Å². The number of nitrogens with zero attached hydrogens (tertiary/aromatic N) is 1. The van der Waals surface area contributed by atoms with E-state index in [0.29, 0.717) is 23.5 Å². The Balaban J connectivity index is 1.54. The summed E-state index contributed by atoms with van der Waals surface area (Å²) in [5.74, 6) is 0.634. The third-order valence-corrected chi connectivity index (χ3v) is 5.83. The van der Waals surface area contributed by atoms with E-state index in [1.807, 2.05) is 36.4 Å². The Morgan fingerprint density at radius 3 is 2.59 bits per heavy atom. The Kier molecular flexibility index (Phi) is 7.84. The van der Waals surface area contributed by atoms with E-state index in [1.165, 1.54) is 11.8 Å². The second-order valence-corrected chi connectivity index (χ2v) is 8.06. The average Bonchev–Trinajstić information content (AvgIpc) is 2.74. The van der Waals surface area contributed by atoms with E-state index >= 15 is 0 Å². The number of thioether (sulfide) groups is 1. The first-order valence-corrected chi connectivity index (χ1v) is 11.0. The molecule has 0 spiro atoms. The molecule has 1 aromatic heterocycles. The lowest BCUT2D eigenvalue weighted by atomic mass is 10.1. The molecule has 2 aromatic carbocycles. The van der Waals surface area contributed by atoms with Gasteiger partial charge in [-0.1, -0.05) is 52.3 Å². The molecule has 0 saturated carbocycles. The van der Waals surface area contributed by atoms with E-state index in [9.17, 15) is 9.59 Å². The van der Waals surface area contributed by atoms with Crippen LogP contribution in [0.5, 0.6) is 0 Å². The average molecular weight is 470 g/mol. The number of aromatic nitrogens is 1. The number of rotatable bonds is 8. The number of nitrogens with one attached hydrogen (secondary N) is 2. The number of halogens is 1. The molecule has 0 aliphatic carbocycles. The minimum atomic E-state index is -0.245. The van der Waals surface area contributed by atoms with Crippen molar-refractivity contribution in [3.8, 4) is 0 Å². The van der Waals surface area contributed by atoms with Gasteiger partial charge in [0.15, 0.2) is 0 Å². The molecule has 3 rings (SSSR count). The molecule has 5 nitrogen and oxygen atoms in total. The van der Waals surface area contributed by atoms with Gasteiger partial charge in [-0.2, -0.15) is 0 Å². The molecule has 2 amide bonds. The summed E-state index contributed by atoms with van der Waals surface area (Å²) < 4.78 is 1.03. The Hall–Kier alpha value is -2.64. The molecule has 3 aromatic rings. The molecular weight excluding hydrogens is 450 g/mol. The van der Waals surface area contributed by atoms with Crippen molar-refractivity contribution in [1.29, 1.82) is 0 Å². The van der Waals surface area contributed by atoms with E-state index in [0.717, 1.165) is 21.4 Å². The van der Waals surface area contributed by atoms with E-state index in [-0.39, 0.29) is 11.8 Å². The summed E-state index contributed by atoms with van der Waals surface area (Å²) in [4.78, 5) is 29.0. The normalized spacial score (nSPS) is 10.4. The molecule has 148 valence electrons. The number of amides is 2. The number of anilines is 1. The van der Waals surface area contributed by atoms with Crippen LogP contribution in [-0.4, -0.2) is 22.6 Å². The second-order valence-electron chi connectivity index (χ2n) is 6.22. The van der Waals surface area contributed by atoms with Gasteiger partial charge in [-0.15, -0.1) is 11.8 Å².